The number of carbonyl (C=O) groups is 5. The first-order chi connectivity index (χ1) is 25.3. The maximum absolute atomic E-state index is 12.6. The smallest absolute Gasteiger partial charge is 0.416 e. The van der Waals surface area contributed by atoms with Crippen LogP contribution in [0.15, 0.2) is 61.1 Å². The molecule has 0 bridgehead atoms. The summed E-state index contributed by atoms with van der Waals surface area (Å²) in [6, 6.07) is 12.2. The number of carboxylic acids is 1. The summed E-state index contributed by atoms with van der Waals surface area (Å²) >= 11 is 0. The lowest BCUT2D eigenvalue weighted by Crippen LogP contribution is -2.46. The molecule has 16 nitrogen and oxygen atoms in total. The number of benzene rings is 1. The molecule has 5 heterocycles. The number of likely N-dealkylation sites (tertiary alicyclic amines) is 3. The van der Waals surface area contributed by atoms with E-state index in [4.69, 9.17) is 24.5 Å². The Bertz CT molecular complexity index is 1680. The number of nitrogens with zero attached hydrogens (tertiary/aromatic N) is 6. The number of piperidine rings is 3. The molecule has 0 atom stereocenters. The van der Waals surface area contributed by atoms with E-state index in [1.54, 1.807) is 66.0 Å². The Balaban J connectivity index is 0.000000300. The van der Waals surface area contributed by atoms with Crippen LogP contribution in [0.1, 0.15) is 63.5 Å². The van der Waals surface area contributed by atoms with Crippen molar-refractivity contribution in [3.05, 3.63) is 72.2 Å². The van der Waals surface area contributed by atoms with Gasteiger partial charge in [-0.2, -0.15) is 0 Å². The zero-order valence-electron chi connectivity index (χ0n) is 30.0. The van der Waals surface area contributed by atoms with Gasteiger partial charge in [0.15, 0.2) is 0 Å². The van der Waals surface area contributed by atoms with Crippen LogP contribution in [0.2, 0.25) is 0 Å². The highest BCUT2D eigenvalue weighted by Crippen LogP contribution is 2.31. The second kappa shape index (κ2) is 17.7. The Kier molecular flexibility index (Phi) is 12.9. The van der Waals surface area contributed by atoms with Crippen LogP contribution >= 0.6 is 0 Å². The molecule has 16 heteroatoms. The third-order valence-corrected chi connectivity index (χ3v) is 9.21. The average molecular weight is 735 g/mol. The topological polar surface area (TPSA) is 194 Å². The number of imide groups is 1. The van der Waals surface area contributed by atoms with Crippen LogP contribution in [0.25, 0.3) is 0 Å². The quantitative estimate of drug-likeness (QED) is 0.286. The van der Waals surface area contributed by atoms with E-state index in [0.717, 1.165) is 5.56 Å². The van der Waals surface area contributed by atoms with Crippen LogP contribution in [-0.4, -0.2) is 115 Å². The van der Waals surface area contributed by atoms with Crippen LogP contribution in [0.3, 0.4) is 0 Å². The SMILES string of the molecule is CC1(C)CC(=O)N(CCc2ccc(OC(=O)N3CCC(Oc4ccc(CC(=O)O)cc4)CC3)nc2)C(=O)C1.O=C(O)N1CCC(On2cccn2)CC1. The number of hydrogen-bond acceptors (Lipinski definition) is 10. The number of aromatic nitrogens is 3. The van der Waals surface area contributed by atoms with Gasteiger partial charge in [0.05, 0.1) is 18.8 Å². The van der Waals surface area contributed by atoms with Gasteiger partial charge < -0.3 is 34.3 Å². The standard InChI is InChI=1S/C28H33N3O7.C9H13N3O3/c1-28(2)16-24(32)31(25(33)17-28)14-9-20-5-8-23(29-18-20)38-27(36)30-12-10-22(11-13-30)37-21-6-3-19(4-7-21)15-26(34)35;13-9(14)11-6-2-8(3-7-11)15-12-5-1-4-10-12/h3-8,18,22H,9-17H2,1-2H3,(H,34,35);1,4-5,8H,2-3,6-7H2,(H,13,14). The van der Waals surface area contributed by atoms with Crippen molar-refractivity contribution in [3.63, 3.8) is 0 Å². The van der Waals surface area contributed by atoms with Gasteiger partial charge in [-0.3, -0.25) is 19.3 Å². The lowest BCUT2D eigenvalue weighted by molar-refractivity contribution is -0.152. The highest BCUT2D eigenvalue weighted by molar-refractivity contribution is 5.98. The molecule has 3 saturated heterocycles. The van der Waals surface area contributed by atoms with Gasteiger partial charge in [0.2, 0.25) is 17.7 Å². The highest BCUT2D eigenvalue weighted by atomic mass is 16.7. The fraction of sp³-hybridized carbons (Fsp3) is 0.486. The minimum Gasteiger partial charge on any atom is -0.490 e. The van der Waals surface area contributed by atoms with Crippen molar-refractivity contribution in [1.29, 1.82) is 0 Å². The van der Waals surface area contributed by atoms with Crippen molar-refractivity contribution < 1.29 is 48.5 Å². The van der Waals surface area contributed by atoms with Gasteiger partial charge in [-0.05, 0) is 41.2 Å². The maximum atomic E-state index is 12.6. The van der Waals surface area contributed by atoms with Gasteiger partial charge in [0, 0.05) is 83.5 Å². The number of pyridine rings is 1. The van der Waals surface area contributed by atoms with E-state index >= 15 is 0 Å². The third kappa shape index (κ3) is 11.7. The monoisotopic (exact) mass is 734 g/mol. The maximum Gasteiger partial charge on any atom is 0.416 e. The summed E-state index contributed by atoms with van der Waals surface area (Å²) in [6.07, 6.45) is 7.52. The molecular weight excluding hydrogens is 688 g/mol. The molecule has 2 aromatic heterocycles. The number of carboxylic acid groups (broad SMARTS) is 2. The zero-order valence-corrected chi connectivity index (χ0v) is 30.0. The zero-order chi connectivity index (χ0) is 38.0. The Morgan fingerprint density at radius 1 is 0.849 bits per heavy atom. The molecule has 0 spiro atoms. The number of hydrogen-bond donors (Lipinski definition) is 2. The van der Waals surface area contributed by atoms with Crippen molar-refractivity contribution in [3.8, 4) is 11.6 Å². The molecule has 0 unspecified atom stereocenters. The number of carbonyl (C=O) groups excluding carboxylic acids is 3. The van der Waals surface area contributed by atoms with Crippen LogP contribution in [0.5, 0.6) is 11.6 Å². The van der Waals surface area contributed by atoms with E-state index in [1.165, 1.54) is 14.6 Å². The minimum absolute atomic E-state index is 0.0302. The molecule has 53 heavy (non-hydrogen) atoms. The molecule has 1 aromatic carbocycles. The number of amides is 4. The molecule has 4 amide bonds. The minimum atomic E-state index is -0.878. The molecule has 0 radical (unpaired) electrons. The predicted molar refractivity (Wildman–Crippen MR) is 188 cm³/mol. The van der Waals surface area contributed by atoms with Crippen molar-refractivity contribution >= 4 is 30.0 Å². The molecule has 3 aliphatic rings. The number of rotatable bonds is 10. The first-order valence-corrected chi connectivity index (χ1v) is 17.7. The number of aliphatic carboxylic acids is 1. The molecule has 6 rings (SSSR count). The summed E-state index contributed by atoms with van der Waals surface area (Å²) in [5, 5.41) is 21.5. The summed E-state index contributed by atoms with van der Waals surface area (Å²) in [4.78, 5) is 74.2. The second-order valence-electron chi connectivity index (χ2n) is 14.1. The molecule has 0 saturated carbocycles. The lowest BCUT2D eigenvalue weighted by atomic mass is 9.81. The van der Waals surface area contributed by atoms with Crippen LogP contribution < -0.4 is 14.3 Å². The van der Waals surface area contributed by atoms with E-state index in [9.17, 15) is 24.0 Å². The summed E-state index contributed by atoms with van der Waals surface area (Å²) in [5.74, 6) is -0.315. The summed E-state index contributed by atoms with van der Waals surface area (Å²) in [5.41, 5.74) is 1.25. The van der Waals surface area contributed by atoms with E-state index in [2.05, 4.69) is 10.1 Å². The van der Waals surface area contributed by atoms with Crippen molar-refractivity contribution in [2.45, 2.75) is 77.4 Å². The van der Waals surface area contributed by atoms with E-state index in [0.29, 0.717) is 89.0 Å². The summed E-state index contributed by atoms with van der Waals surface area (Å²) in [6.45, 7) is 6.17. The summed E-state index contributed by atoms with van der Waals surface area (Å²) in [7, 11) is 0. The molecule has 284 valence electrons. The fourth-order valence-corrected chi connectivity index (χ4v) is 6.31. The van der Waals surface area contributed by atoms with E-state index in [1.807, 2.05) is 13.8 Å². The van der Waals surface area contributed by atoms with Crippen molar-refractivity contribution in [2.75, 3.05) is 32.7 Å². The van der Waals surface area contributed by atoms with Gasteiger partial charge in [-0.1, -0.05) is 32.0 Å². The van der Waals surface area contributed by atoms with Gasteiger partial charge >= 0.3 is 18.2 Å². The molecule has 2 N–H and O–H groups in total. The first-order valence-electron chi connectivity index (χ1n) is 17.7. The molecule has 3 aliphatic heterocycles. The highest BCUT2D eigenvalue weighted by Gasteiger charge is 2.37. The van der Waals surface area contributed by atoms with Gasteiger partial charge in [-0.25, -0.2) is 14.6 Å². The average Bonchev–Trinajstić information content (AvgIpc) is 3.63. The van der Waals surface area contributed by atoms with Crippen molar-refractivity contribution in [1.82, 2.24) is 29.6 Å². The Morgan fingerprint density at radius 3 is 2.04 bits per heavy atom. The lowest BCUT2D eigenvalue weighted by Gasteiger charge is -2.34. The third-order valence-electron chi connectivity index (χ3n) is 9.21. The Hall–Kier alpha value is -5.67. The van der Waals surface area contributed by atoms with E-state index < -0.39 is 18.2 Å². The predicted octanol–water partition coefficient (Wildman–Crippen LogP) is 3.92. The Morgan fingerprint density at radius 2 is 1.47 bits per heavy atom. The Labute approximate surface area is 307 Å². The molecular formula is C37H46N6O10. The van der Waals surface area contributed by atoms with Crippen LogP contribution in [0, 0.1) is 5.41 Å². The first kappa shape index (κ1) is 38.6. The summed E-state index contributed by atoms with van der Waals surface area (Å²) < 4.78 is 11.4. The normalized spacial score (nSPS) is 17.8. The fourth-order valence-electron chi connectivity index (χ4n) is 6.31. The largest absolute Gasteiger partial charge is 0.490 e. The van der Waals surface area contributed by atoms with Gasteiger partial charge in [0.25, 0.3) is 0 Å². The van der Waals surface area contributed by atoms with Gasteiger partial charge in [0.1, 0.15) is 18.0 Å². The van der Waals surface area contributed by atoms with Crippen molar-refractivity contribution in [2.24, 2.45) is 5.41 Å². The molecule has 3 aromatic rings. The van der Waals surface area contributed by atoms with Crippen LogP contribution in [-0.2, 0) is 27.2 Å². The second-order valence-corrected chi connectivity index (χ2v) is 14.1. The number of ether oxygens (including phenoxy) is 2. The van der Waals surface area contributed by atoms with E-state index in [-0.39, 0.29) is 41.7 Å². The van der Waals surface area contributed by atoms with Crippen LogP contribution in [0.4, 0.5) is 9.59 Å². The molecule has 0 aliphatic carbocycles. The molecule has 3 fully saturated rings. The van der Waals surface area contributed by atoms with Gasteiger partial charge in [-0.15, -0.1) is 9.94 Å².